The van der Waals surface area contributed by atoms with Crippen LogP contribution in [0.3, 0.4) is 0 Å². The average Bonchev–Trinajstić information content (AvgIpc) is 3.67. The molecule has 4 atom stereocenters. The van der Waals surface area contributed by atoms with E-state index >= 15 is 0 Å². The smallest absolute Gasteiger partial charge is 0.101 e. The molecule has 0 radical (unpaired) electrons. The van der Waals surface area contributed by atoms with E-state index in [2.05, 4.69) is 155 Å². The molecule has 4 nitrogen and oxygen atoms in total. The van der Waals surface area contributed by atoms with Crippen molar-refractivity contribution in [2.24, 2.45) is 5.92 Å². The standard InChI is InChI=1S/C44H32N4/c45-27-31-25-30(29-21-23-32(24-22-29)47-40-16-6-1-11-33(40)34-12-2-7-17-41(34)47)26-38(39(31)28-46)37-15-5-10-20-44(37)48-42-18-8-3-13-35(42)36-14-4-9-19-43(36)48/h1-6,8-16,18-26,33,35,40,42H,7,17H2. The van der Waals surface area contributed by atoms with Crippen molar-refractivity contribution in [3.8, 4) is 34.4 Å². The maximum absolute atomic E-state index is 10.4. The Hall–Kier alpha value is -6.10. The molecule has 0 N–H and O–H groups in total. The van der Waals surface area contributed by atoms with Gasteiger partial charge in [-0.05, 0) is 71.5 Å². The lowest BCUT2D eigenvalue weighted by Crippen LogP contribution is -2.32. The van der Waals surface area contributed by atoms with Gasteiger partial charge in [-0.1, -0.05) is 109 Å². The van der Waals surface area contributed by atoms with E-state index in [0.717, 1.165) is 40.8 Å². The number of fused-ring (bicyclic) bond motifs is 5. The van der Waals surface area contributed by atoms with Crippen LogP contribution in [-0.2, 0) is 0 Å². The number of hydrogen-bond acceptors (Lipinski definition) is 4. The fourth-order valence-corrected chi connectivity index (χ4v) is 8.40. The molecule has 0 fully saturated rings. The van der Waals surface area contributed by atoms with Gasteiger partial charge >= 0.3 is 0 Å². The zero-order chi connectivity index (χ0) is 32.2. The Bertz CT molecular complexity index is 2250. The summed E-state index contributed by atoms with van der Waals surface area (Å²) in [6.07, 6.45) is 24.5. The highest BCUT2D eigenvalue weighted by atomic mass is 15.2. The molecule has 3 aliphatic carbocycles. The van der Waals surface area contributed by atoms with Crippen LogP contribution >= 0.6 is 0 Å². The van der Waals surface area contributed by atoms with Crippen LogP contribution in [0.5, 0.6) is 0 Å². The number of benzene rings is 4. The SMILES string of the molecule is N#Cc1cc(-c2ccc(N3C4=C(C=CCC4)C4C=CC=CC43)cc2)cc(-c2ccccc2N2c3ccccc3C3C=CC=CC32)c1C#N. The van der Waals surface area contributed by atoms with Crippen LogP contribution in [0.25, 0.3) is 22.3 Å². The summed E-state index contributed by atoms with van der Waals surface area (Å²) in [6.45, 7) is 0. The van der Waals surface area contributed by atoms with Gasteiger partial charge in [0.1, 0.15) is 12.1 Å². The Labute approximate surface area is 281 Å². The van der Waals surface area contributed by atoms with Crippen LogP contribution in [0.2, 0.25) is 0 Å². The molecule has 2 heterocycles. The van der Waals surface area contributed by atoms with Crippen LogP contribution < -0.4 is 9.80 Å². The first-order valence-corrected chi connectivity index (χ1v) is 16.7. The normalized spacial score (nSPS) is 22.6. The summed E-state index contributed by atoms with van der Waals surface area (Å²) >= 11 is 0. The van der Waals surface area contributed by atoms with Crippen molar-refractivity contribution in [2.45, 2.75) is 30.8 Å². The Morgan fingerprint density at radius 2 is 1.33 bits per heavy atom. The van der Waals surface area contributed by atoms with Gasteiger partial charge in [-0.15, -0.1) is 0 Å². The Kier molecular flexibility index (Phi) is 6.63. The van der Waals surface area contributed by atoms with Crippen molar-refractivity contribution >= 4 is 17.1 Å². The number of hydrogen-bond donors (Lipinski definition) is 0. The predicted molar refractivity (Wildman–Crippen MR) is 194 cm³/mol. The summed E-state index contributed by atoms with van der Waals surface area (Å²) in [5.74, 6) is 0.621. The van der Waals surface area contributed by atoms with E-state index < -0.39 is 0 Å². The van der Waals surface area contributed by atoms with Gasteiger partial charge in [0.15, 0.2) is 0 Å². The lowest BCUT2D eigenvalue weighted by atomic mass is 9.88. The molecule has 2 aliphatic heterocycles. The molecule has 9 rings (SSSR count). The second-order valence-corrected chi connectivity index (χ2v) is 12.9. The molecular weight excluding hydrogens is 585 g/mol. The minimum Gasteiger partial charge on any atom is -0.337 e. The van der Waals surface area contributed by atoms with Crippen molar-refractivity contribution in [2.75, 3.05) is 9.80 Å². The largest absolute Gasteiger partial charge is 0.337 e. The van der Waals surface area contributed by atoms with E-state index in [9.17, 15) is 10.5 Å². The molecular formula is C44H32N4. The zero-order valence-electron chi connectivity index (χ0n) is 26.4. The van der Waals surface area contributed by atoms with Gasteiger partial charge < -0.3 is 9.80 Å². The third kappa shape index (κ3) is 4.27. The van der Waals surface area contributed by atoms with E-state index in [-0.39, 0.29) is 18.0 Å². The van der Waals surface area contributed by atoms with E-state index in [4.69, 9.17) is 0 Å². The van der Waals surface area contributed by atoms with Gasteiger partial charge in [-0.2, -0.15) is 10.5 Å². The fraction of sp³-hybridized carbons (Fsp3) is 0.136. The molecule has 0 spiro atoms. The van der Waals surface area contributed by atoms with Crippen molar-refractivity contribution in [1.29, 1.82) is 10.5 Å². The fourth-order valence-electron chi connectivity index (χ4n) is 8.40. The van der Waals surface area contributed by atoms with Gasteiger partial charge in [-0.3, -0.25) is 0 Å². The van der Waals surface area contributed by atoms with Gasteiger partial charge in [0.25, 0.3) is 0 Å². The van der Waals surface area contributed by atoms with Crippen LogP contribution in [0.15, 0.2) is 157 Å². The predicted octanol–water partition coefficient (Wildman–Crippen LogP) is 10.0. The lowest BCUT2D eigenvalue weighted by molar-refractivity contribution is 0.681. The Morgan fingerprint density at radius 1 is 0.625 bits per heavy atom. The maximum atomic E-state index is 10.4. The molecule has 4 unspecified atom stereocenters. The van der Waals surface area contributed by atoms with Gasteiger partial charge in [0, 0.05) is 45.7 Å². The van der Waals surface area contributed by atoms with Crippen LogP contribution in [-0.4, -0.2) is 12.1 Å². The molecule has 228 valence electrons. The van der Waals surface area contributed by atoms with E-state index in [1.165, 1.54) is 28.2 Å². The zero-order valence-corrected chi connectivity index (χ0v) is 26.4. The highest BCUT2D eigenvalue weighted by Crippen LogP contribution is 2.50. The second-order valence-electron chi connectivity index (χ2n) is 12.9. The molecule has 5 aliphatic rings. The number of rotatable bonds is 4. The number of nitrogens with zero attached hydrogens (tertiary/aromatic N) is 4. The minimum atomic E-state index is 0.125. The summed E-state index contributed by atoms with van der Waals surface area (Å²) < 4.78 is 0. The molecule has 4 aromatic rings. The first-order valence-electron chi connectivity index (χ1n) is 16.7. The van der Waals surface area contributed by atoms with Crippen LogP contribution in [0.1, 0.15) is 35.4 Å². The van der Waals surface area contributed by atoms with Gasteiger partial charge in [-0.25, -0.2) is 0 Å². The lowest BCUT2D eigenvalue weighted by Gasteiger charge is -2.31. The topological polar surface area (TPSA) is 54.1 Å². The third-order valence-electron chi connectivity index (χ3n) is 10.5. The molecule has 0 saturated carbocycles. The molecule has 0 bridgehead atoms. The third-order valence-corrected chi connectivity index (χ3v) is 10.5. The second kappa shape index (κ2) is 11.3. The van der Waals surface area contributed by atoms with Gasteiger partial charge in [0.2, 0.25) is 0 Å². The number of nitriles is 2. The molecule has 48 heavy (non-hydrogen) atoms. The Morgan fingerprint density at radius 3 is 2.12 bits per heavy atom. The average molecular weight is 617 g/mol. The number of anilines is 3. The highest BCUT2D eigenvalue weighted by Gasteiger charge is 2.39. The molecule has 0 amide bonds. The van der Waals surface area contributed by atoms with Crippen molar-refractivity contribution in [3.05, 3.63) is 174 Å². The Balaban J connectivity index is 1.14. The van der Waals surface area contributed by atoms with E-state index in [0.29, 0.717) is 17.0 Å². The first-order chi connectivity index (χ1) is 23.7. The summed E-state index contributed by atoms with van der Waals surface area (Å²) in [7, 11) is 0. The van der Waals surface area contributed by atoms with Crippen molar-refractivity contribution in [1.82, 2.24) is 0 Å². The monoisotopic (exact) mass is 616 g/mol. The maximum Gasteiger partial charge on any atom is 0.101 e. The van der Waals surface area contributed by atoms with Crippen LogP contribution in [0.4, 0.5) is 17.1 Å². The summed E-state index contributed by atoms with van der Waals surface area (Å²) in [4.78, 5) is 4.90. The number of para-hydroxylation sites is 2. The first kappa shape index (κ1) is 28.1. The van der Waals surface area contributed by atoms with E-state index in [1.807, 2.05) is 12.1 Å². The van der Waals surface area contributed by atoms with Crippen molar-refractivity contribution in [3.63, 3.8) is 0 Å². The molecule has 0 saturated heterocycles. The minimum absolute atomic E-state index is 0.125. The molecule has 4 heteroatoms. The molecule has 4 aromatic carbocycles. The van der Waals surface area contributed by atoms with Crippen LogP contribution in [0, 0.1) is 28.6 Å². The van der Waals surface area contributed by atoms with Crippen molar-refractivity contribution < 1.29 is 0 Å². The quantitative estimate of drug-likeness (QED) is 0.229. The van der Waals surface area contributed by atoms with Gasteiger partial charge in [0.05, 0.1) is 23.2 Å². The highest BCUT2D eigenvalue weighted by molar-refractivity contribution is 5.91. The number of allylic oxidation sites excluding steroid dienone is 7. The summed E-state index contributed by atoms with van der Waals surface area (Å²) in [6, 6.07) is 34.7. The molecule has 0 aromatic heterocycles. The summed E-state index contributed by atoms with van der Waals surface area (Å²) in [5, 5.41) is 20.7. The summed E-state index contributed by atoms with van der Waals surface area (Å²) in [5.41, 5.74) is 11.9. The van der Waals surface area contributed by atoms with E-state index in [1.54, 1.807) is 0 Å².